The van der Waals surface area contributed by atoms with Gasteiger partial charge in [0.05, 0.1) is 0 Å². The Morgan fingerprint density at radius 1 is 0.800 bits per heavy atom. The number of hydrogen-bond acceptors (Lipinski definition) is 0. The first kappa shape index (κ1) is 46.3. The summed E-state index contributed by atoms with van der Waals surface area (Å²) in [6, 6.07) is 0. The third-order valence-corrected chi connectivity index (χ3v) is 0. The molecule has 0 spiro atoms. The molecule has 0 aromatic rings. The van der Waals surface area contributed by atoms with Crippen molar-refractivity contribution in [3.05, 3.63) is 0 Å². The van der Waals surface area contributed by atoms with Gasteiger partial charge < -0.3 is 11.0 Å². The van der Waals surface area contributed by atoms with Crippen LogP contribution in [0.3, 0.4) is 0 Å². The molecule has 0 rings (SSSR count). The Morgan fingerprint density at radius 2 is 0.800 bits per heavy atom. The van der Waals surface area contributed by atoms with E-state index in [1.165, 1.54) is 0 Å². The fraction of sp³-hybridized carbons (Fsp3) is 0. The summed E-state index contributed by atoms with van der Waals surface area (Å²) in [7, 11) is 0. The monoisotopic (exact) mass is 212 g/mol. The van der Waals surface area contributed by atoms with E-state index in [0.717, 1.165) is 0 Å². The van der Waals surface area contributed by atoms with Gasteiger partial charge in [-0.2, -0.15) is 0 Å². The molecule has 0 fully saturated rings. The van der Waals surface area contributed by atoms with Crippen LogP contribution in [0.4, 0.5) is 0 Å². The third kappa shape index (κ3) is 20.1. The smallest absolute Gasteiger partial charge is 2.00 e. The molecule has 5 heteroatoms. The zero-order valence-electron chi connectivity index (χ0n) is 1.82. The van der Waals surface area contributed by atoms with Crippen molar-refractivity contribution in [2.75, 3.05) is 0 Å². The molecule has 0 atom stereocenters. The van der Waals surface area contributed by atoms with E-state index in [9.17, 15) is 0 Å². The maximum absolute atomic E-state index is 0. The molecule has 0 aliphatic heterocycles. The van der Waals surface area contributed by atoms with Gasteiger partial charge in [0, 0.05) is 21.7 Å². The molecule has 0 aromatic carbocycles. The average Bonchev–Trinajstić information content (AvgIpc) is 0. The molecule has 5 heavy (non-hydrogen) atoms. The maximum Gasteiger partial charge on any atom is 4.00 e. The fourth-order valence-corrected chi connectivity index (χ4v) is 0. The predicted molar refractivity (Wildman–Crippen MR) is 9.92 cm³/mol. The number of rotatable bonds is 0. The van der Waals surface area contributed by atoms with E-state index in [4.69, 9.17) is 0 Å². The van der Waals surface area contributed by atoms with Crippen molar-refractivity contribution in [1.82, 2.24) is 0 Å². The van der Waals surface area contributed by atoms with Crippen LogP contribution in [0, 0.1) is 0 Å². The standard InChI is InChI=1S/Ca.2O.Ti.Zr.2H/q;2*-2;;+4;;. The molecule has 0 saturated carbocycles. The molecule has 0 aliphatic carbocycles. The summed E-state index contributed by atoms with van der Waals surface area (Å²) in [6.07, 6.45) is 0. The van der Waals surface area contributed by atoms with Crippen molar-refractivity contribution >= 4 is 37.7 Å². The van der Waals surface area contributed by atoms with Crippen LogP contribution in [0.15, 0.2) is 0 Å². The number of hydrogen-bond donors (Lipinski definition) is 0. The summed E-state index contributed by atoms with van der Waals surface area (Å²) in [5.41, 5.74) is 0. The van der Waals surface area contributed by atoms with Gasteiger partial charge in [0.15, 0.2) is 0 Å². The Hall–Kier alpha value is 2.78. The van der Waals surface area contributed by atoms with Crippen molar-refractivity contribution in [2.45, 2.75) is 0 Å². The van der Waals surface area contributed by atoms with Gasteiger partial charge in [-0.05, 0) is 0 Å². The second-order valence-electron chi connectivity index (χ2n) is 0. The topological polar surface area (TPSA) is 57.0 Å². The first-order valence-corrected chi connectivity index (χ1v) is 0. The molecule has 0 heterocycles. The normalized spacial score (nSPS) is 0. The van der Waals surface area contributed by atoms with Crippen LogP contribution in [0.5, 0.6) is 0 Å². The van der Waals surface area contributed by atoms with Crippen LogP contribution < -0.4 is 0 Å². The zero-order valence-corrected chi connectivity index (χ0v) is 5.84. The summed E-state index contributed by atoms with van der Waals surface area (Å²) in [4.78, 5) is 0. The Balaban J connectivity index is 0. The summed E-state index contributed by atoms with van der Waals surface area (Å²) in [6.45, 7) is 0. The van der Waals surface area contributed by atoms with E-state index in [0.29, 0.717) is 0 Å². The van der Waals surface area contributed by atoms with Crippen LogP contribution in [0.25, 0.3) is 0 Å². The second-order valence-corrected chi connectivity index (χ2v) is 0. The first-order valence-electron chi connectivity index (χ1n) is 0. The van der Waals surface area contributed by atoms with E-state index < -0.39 is 0 Å². The van der Waals surface area contributed by atoms with E-state index in [2.05, 4.69) is 0 Å². The zero-order chi connectivity index (χ0) is 0. The van der Waals surface area contributed by atoms with Gasteiger partial charge in [-0.1, -0.05) is 0 Å². The Kier molecular flexibility index (Phi) is 272. The molecular weight excluding hydrogens is 211 g/mol. The van der Waals surface area contributed by atoms with Crippen molar-refractivity contribution in [3.63, 3.8) is 0 Å². The minimum Gasteiger partial charge on any atom is -2.00 e. The molecule has 0 amide bonds. The molecule has 0 bridgehead atoms. The minimum absolute atomic E-state index is 0. The Bertz CT molecular complexity index is 9.61. The van der Waals surface area contributed by atoms with E-state index in [1.54, 1.807) is 0 Å². The summed E-state index contributed by atoms with van der Waals surface area (Å²) < 4.78 is 0. The van der Waals surface area contributed by atoms with Crippen LogP contribution in [0.2, 0.25) is 0 Å². The van der Waals surface area contributed by atoms with Gasteiger partial charge in [-0.3, -0.25) is 0 Å². The molecule has 0 N–H and O–H groups in total. The van der Waals surface area contributed by atoms with Crippen LogP contribution in [0.1, 0.15) is 0 Å². The first-order chi connectivity index (χ1) is 0. The van der Waals surface area contributed by atoms with Gasteiger partial charge in [0.2, 0.25) is 0 Å². The SMILES string of the molecule is [CaH2].[O-2].[O-2].[Ti].[Zr+4]. The molecule has 0 saturated heterocycles. The molecule has 0 aromatic heterocycles. The Labute approximate surface area is 94.7 Å². The van der Waals surface area contributed by atoms with Crippen LogP contribution in [-0.4, -0.2) is 37.7 Å². The summed E-state index contributed by atoms with van der Waals surface area (Å²) in [5, 5.41) is 0. The van der Waals surface area contributed by atoms with Crippen molar-refractivity contribution < 1.29 is 58.9 Å². The molecular formula is H2CaO2TiZr. The summed E-state index contributed by atoms with van der Waals surface area (Å²) in [5.74, 6) is 0. The third-order valence-electron chi connectivity index (χ3n) is 0. The van der Waals surface area contributed by atoms with Gasteiger partial charge in [0.1, 0.15) is 0 Å². The molecule has 24 valence electrons. The Morgan fingerprint density at radius 3 is 0.800 bits per heavy atom. The van der Waals surface area contributed by atoms with Crippen molar-refractivity contribution in [1.29, 1.82) is 0 Å². The van der Waals surface area contributed by atoms with Crippen molar-refractivity contribution in [2.24, 2.45) is 0 Å². The van der Waals surface area contributed by atoms with Gasteiger partial charge >= 0.3 is 63.9 Å². The van der Waals surface area contributed by atoms with Gasteiger partial charge in [0.25, 0.3) is 0 Å². The van der Waals surface area contributed by atoms with Crippen LogP contribution >= 0.6 is 0 Å². The molecule has 2 nitrogen and oxygen atoms in total. The average molecular weight is 213 g/mol. The maximum atomic E-state index is 0. The van der Waals surface area contributed by atoms with Crippen LogP contribution in [-0.2, 0) is 58.9 Å². The van der Waals surface area contributed by atoms with Crippen molar-refractivity contribution in [3.8, 4) is 0 Å². The van der Waals surface area contributed by atoms with E-state index in [-0.39, 0.29) is 96.6 Å². The van der Waals surface area contributed by atoms with E-state index >= 15 is 0 Å². The van der Waals surface area contributed by atoms with E-state index in [1.807, 2.05) is 0 Å². The largest absolute Gasteiger partial charge is 4.00 e. The molecule has 0 unspecified atom stereocenters. The molecule has 0 aliphatic rings. The van der Waals surface area contributed by atoms with Gasteiger partial charge in [-0.15, -0.1) is 0 Å². The quantitative estimate of drug-likeness (QED) is 0.456. The minimum atomic E-state index is 0. The predicted octanol–water partition coefficient (Wildman–Crippen LogP) is -1.16. The molecule has 0 radical (unpaired) electrons. The van der Waals surface area contributed by atoms with Gasteiger partial charge in [-0.25, -0.2) is 0 Å². The fourth-order valence-electron chi connectivity index (χ4n) is 0. The summed E-state index contributed by atoms with van der Waals surface area (Å²) >= 11 is 0. The second kappa shape index (κ2) is 29.3.